The average Bonchev–Trinajstić information content (AvgIpc) is 2.46. The Labute approximate surface area is 120 Å². The van der Waals surface area contributed by atoms with Crippen molar-refractivity contribution in [2.24, 2.45) is 5.73 Å². The Morgan fingerprint density at radius 1 is 1.05 bits per heavy atom. The fourth-order valence-corrected chi connectivity index (χ4v) is 2.27. The molecule has 0 aliphatic rings. The first-order valence-electron chi connectivity index (χ1n) is 6.85. The summed E-state index contributed by atoms with van der Waals surface area (Å²) in [4.78, 5) is 0. The van der Waals surface area contributed by atoms with Gasteiger partial charge in [-0.25, -0.2) is 0 Å². The first-order chi connectivity index (χ1) is 9.70. The molecular weight excluding hydrogens is 246 g/mol. The van der Waals surface area contributed by atoms with E-state index < -0.39 is 0 Å². The van der Waals surface area contributed by atoms with E-state index in [0.717, 1.165) is 22.4 Å². The van der Waals surface area contributed by atoms with Crippen LogP contribution in [0.5, 0.6) is 5.75 Å². The van der Waals surface area contributed by atoms with Gasteiger partial charge >= 0.3 is 0 Å². The van der Waals surface area contributed by atoms with Crippen molar-refractivity contribution in [1.82, 2.24) is 0 Å². The molecule has 0 amide bonds. The molecule has 104 valence electrons. The maximum atomic E-state index is 5.86. The highest BCUT2D eigenvalue weighted by Crippen LogP contribution is 2.24. The lowest BCUT2D eigenvalue weighted by molar-refractivity contribution is 0.358. The van der Waals surface area contributed by atoms with Gasteiger partial charge in [-0.15, -0.1) is 0 Å². The fraction of sp³-hybridized carbons (Fsp3) is 0.222. The van der Waals surface area contributed by atoms with E-state index in [9.17, 15) is 0 Å². The third-order valence-electron chi connectivity index (χ3n) is 3.19. The van der Waals surface area contributed by atoms with Crippen LogP contribution >= 0.6 is 0 Å². The molecule has 0 radical (unpaired) electrons. The quantitative estimate of drug-likeness (QED) is 0.893. The molecule has 0 saturated carbocycles. The van der Waals surface area contributed by atoms with Crippen LogP contribution in [0.2, 0.25) is 0 Å². The molecule has 0 unspecified atom stereocenters. The lowest BCUT2D eigenvalue weighted by Crippen LogP contribution is -2.02. The van der Waals surface area contributed by atoms with Gasteiger partial charge in [-0.3, -0.25) is 0 Å². The second-order valence-corrected chi connectivity index (χ2v) is 4.89. The van der Waals surface area contributed by atoms with E-state index in [-0.39, 0.29) is 0 Å². The topological polar surface area (TPSA) is 35.2 Å². The van der Waals surface area contributed by atoms with Gasteiger partial charge in [0.2, 0.25) is 0 Å². The van der Waals surface area contributed by atoms with E-state index in [2.05, 4.69) is 44.2 Å². The Morgan fingerprint density at radius 2 is 1.70 bits per heavy atom. The molecular formula is C18H21NO. The number of hydrogen-bond acceptors (Lipinski definition) is 2. The molecule has 0 atom stereocenters. The molecule has 0 aliphatic carbocycles. The minimum absolute atomic E-state index is 0.565. The molecule has 2 aromatic rings. The van der Waals surface area contributed by atoms with Crippen molar-refractivity contribution in [2.45, 2.75) is 20.4 Å². The summed E-state index contributed by atoms with van der Waals surface area (Å²) in [6.45, 7) is 5.25. The third-order valence-corrected chi connectivity index (χ3v) is 3.19. The highest BCUT2D eigenvalue weighted by atomic mass is 16.5. The van der Waals surface area contributed by atoms with E-state index in [1.54, 1.807) is 0 Å². The van der Waals surface area contributed by atoms with Crippen LogP contribution in [0.25, 0.3) is 6.08 Å². The number of nitrogens with two attached hydrogens (primary N) is 1. The molecule has 0 spiro atoms. The van der Waals surface area contributed by atoms with Crippen LogP contribution in [0.3, 0.4) is 0 Å². The van der Waals surface area contributed by atoms with Crippen LogP contribution in [0.1, 0.15) is 22.3 Å². The highest BCUT2D eigenvalue weighted by Gasteiger charge is 2.05. The maximum absolute atomic E-state index is 5.86. The zero-order valence-corrected chi connectivity index (χ0v) is 12.1. The standard InChI is InChI=1S/C18H21NO/c1-14-11-17(13-19)12-15(2)18(14)20-10-6-9-16-7-4-3-5-8-16/h3-9,11-12H,10,13,19H2,1-2H3/b9-6+. The minimum atomic E-state index is 0.565. The van der Waals surface area contributed by atoms with E-state index in [0.29, 0.717) is 13.2 Å². The second-order valence-electron chi connectivity index (χ2n) is 4.89. The largest absolute Gasteiger partial charge is 0.489 e. The smallest absolute Gasteiger partial charge is 0.125 e. The zero-order valence-electron chi connectivity index (χ0n) is 12.1. The Hall–Kier alpha value is -2.06. The van der Waals surface area contributed by atoms with E-state index >= 15 is 0 Å². The fourth-order valence-electron chi connectivity index (χ4n) is 2.27. The van der Waals surface area contributed by atoms with Crippen molar-refractivity contribution in [3.63, 3.8) is 0 Å². The summed E-state index contributed by atoms with van der Waals surface area (Å²) >= 11 is 0. The first kappa shape index (κ1) is 14.4. The first-order valence-corrected chi connectivity index (χ1v) is 6.85. The summed E-state index contributed by atoms with van der Waals surface area (Å²) in [5.41, 5.74) is 10.3. The number of benzene rings is 2. The molecule has 2 N–H and O–H groups in total. The Morgan fingerprint density at radius 3 is 2.30 bits per heavy atom. The molecule has 2 heteroatoms. The number of ether oxygens (including phenoxy) is 1. The lowest BCUT2D eigenvalue weighted by Gasteiger charge is -2.12. The molecule has 0 saturated heterocycles. The minimum Gasteiger partial charge on any atom is -0.489 e. The second kappa shape index (κ2) is 6.92. The monoisotopic (exact) mass is 267 g/mol. The van der Waals surface area contributed by atoms with E-state index in [1.807, 2.05) is 24.3 Å². The summed E-state index contributed by atoms with van der Waals surface area (Å²) in [7, 11) is 0. The molecule has 2 aromatic carbocycles. The Balaban J connectivity index is 1.99. The van der Waals surface area contributed by atoms with Crippen molar-refractivity contribution in [3.8, 4) is 5.75 Å². The summed E-state index contributed by atoms with van der Waals surface area (Å²) < 4.78 is 5.86. The van der Waals surface area contributed by atoms with Gasteiger partial charge in [0.25, 0.3) is 0 Å². The summed E-state index contributed by atoms with van der Waals surface area (Å²) in [6, 6.07) is 14.4. The maximum Gasteiger partial charge on any atom is 0.125 e. The van der Waals surface area contributed by atoms with Gasteiger partial charge in [0, 0.05) is 6.54 Å². The van der Waals surface area contributed by atoms with Gasteiger partial charge in [0.15, 0.2) is 0 Å². The Bertz CT molecular complexity index is 565. The molecule has 20 heavy (non-hydrogen) atoms. The van der Waals surface area contributed by atoms with Crippen LogP contribution in [0.4, 0.5) is 0 Å². The Kier molecular flexibility index (Phi) is 4.97. The number of aryl methyl sites for hydroxylation is 2. The SMILES string of the molecule is Cc1cc(CN)cc(C)c1OC/C=C/c1ccccc1. The molecule has 0 heterocycles. The average molecular weight is 267 g/mol. The predicted molar refractivity (Wildman–Crippen MR) is 84.8 cm³/mol. The van der Waals surface area contributed by atoms with Gasteiger partial charge in [-0.1, -0.05) is 48.5 Å². The molecule has 0 fully saturated rings. The van der Waals surface area contributed by atoms with Crippen LogP contribution in [0, 0.1) is 13.8 Å². The summed E-state index contributed by atoms with van der Waals surface area (Å²) in [6.07, 6.45) is 4.10. The van der Waals surface area contributed by atoms with Crippen molar-refractivity contribution in [2.75, 3.05) is 6.61 Å². The van der Waals surface area contributed by atoms with Gasteiger partial charge in [-0.05, 0) is 42.2 Å². The highest BCUT2D eigenvalue weighted by molar-refractivity contribution is 5.49. The van der Waals surface area contributed by atoms with Crippen molar-refractivity contribution in [1.29, 1.82) is 0 Å². The van der Waals surface area contributed by atoms with Crippen molar-refractivity contribution >= 4 is 6.08 Å². The summed E-state index contributed by atoms with van der Waals surface area (Å²) in [5, 5.41) is 0. The van der Waals surface area contributed by atoms with Crippen LogP contribution in [-0.2, 0) is 6.54 Å². The molecule has 0 aliphatic heterocycles. The normalized spacial score (nSPS) is 10.9. The third kappa shape index (κ3) is 3.72. The van der Waals surface area contributed by atoms with Crippen LogP contribution in [0.15, 0.2) is 48.5 Å². The van der Waals surface area contributed by atoms with Gasteiger partial charge < -0.3 is 10.5 Å². The van der Waals surface area contributed by atoms with Gasteiger partial charge in [0.1, 0.15) is 12.4 Å². The zero-order chi connectivity index (χ0) is 14.4. The molecule has 2 rings (SSSR count). The molecule has 0 aromatic heterocycles. The molecule has 0 bridgehead atoms. The van der Waals surface area contributed by atoms with Gasteiger partial charge in [0.05, 0.1) is 0 Å². The predicted octanol–water partition coefficient (Wildman–Crippen LogP) is 3.85. The molecule has 2 nitrogen and oxygen atoms in total. The number of hydrogen-bond donors (Lipinski definition) is 1. The van der Waals surface area contributed by atoms with Crippen LogP contribution in [-0.4, -0.2) is 6.61 Å². The van der Waals surface area contributed by atoms with Crippen LogP contribution < -0.4 is 10.5 Å². The van der Waals surface area contributed by atoms with E-state index in [4.69, 9.17) is 10.5 Å². The lowest BCUT2D eigenvalue weighted by atomic mass is 10.1. The van der Waals surface area contributed by atoms with E-state index in [1.165, 1.54) is 5.56 Å². The summed E-state index contributed by atoms with van der Waals surface area (Å²) in [5.74, 6) is 0.958. The van der Waals surface area contributed by atoms with Crippen molar-refractivity contribution < 1.29 is 4.74 Å². The van der Waals surface area contributed by atoms with Gasteiger partial charge in [-0.2, -0.15) is 0 Å². The number of rotatable bonds is 5. The van der Waals surface area contributed by atoms with Crippen molar-refractivity contribution in [3.05, 3.63) is 70.8 Å².